The van der Waals surface area contributed by atoms with E-state index in [2.05, 4.69) is 0 Å². The molecule has 0 aromatic heterocycles. The first kappa shape index (κ1) is 8.68. The summed E-state index contributed by atoms with van der Waals surface area (Å²) in [5, 5.41) is 0. The molecule has 1 rings (SSSR count). The fourth-order valence-electron chi connectivity index (χ4n) is 1.43. The molecule has 11 heavy (non-hydrogen) atoms. The zero-order valence-electron chi connectivity index (χ0n) is 6.66. The van der Waals surface area contributed by atoms with Crippen LogP contribution in [0.15, 0.2) is 0 Å². The number of carbonyl (C=O) groups is 1. The van der Waals surface area contributed by atoms with Crippen molar-refractivity contribution in [3.63, 3.8) is 0 Å². The lowest BCUT2D eigenvalue weighted by Crippen LogP contribution is -2.30. The summed E-state index contributed by atoms with van der Waals surface area (Å²) in [6, 6.07) is 0.353. The highest BCUT2D eigenvalue weighted by Gasteiger charge is 2.18. The van der Waals surface area contributed by atoms with Gasteiger partial charge in [-0.2, -0.15) is 0 Å². The summed E-state index contributed by atoms with van der Waals surface area (Å²) in [6.07, 6.45) is 5.16. The van der Waals surface area contributed by atoms with Gasteiger partial charge in [0.2, 0.25) is 0 Å². The maximum Gasteiger partial charge on any atom is 0.145 e. The third-order valence-electron chi connectivity index (χ3n) is 2.12. The Morgan fingerprint density at radius 1 is 1.36 bits per heavy atom. The Kier molecular flexibility index (Phi) is 3.52. The fourth-order valence-corrected chi connectivity index (χ4v) is 1.43. The van der Waals surface area contributed by atoms with Crippen molar-refractivity contribution < 1.29 is 9.53 Å². The number of aldehydes is 1. The Labute approximate surface area is 66.9 Å². The molecule has 0 spiro atoms. The molecular formula is C8H15NO2. The molecule has 1 fully saturated rings. The normalized spacial score (nSPS) is 31.7. The highest BCUT2D eigenvalue weighted by molar-refractivity contribution is 5.50. The molecule has 0 atom stereocenters. The zero-order valence-corrected chi connectivity index (χ0v) is 6.66. The number of hydrogen-bond donors (Lipinski definition) is 1. The SMILES string of the molecule is NC1CCC(OCC=O)CC1. The van der Waals surface area contributed by atoms with Gasteiger partial charge < -0.3 is 15.3 Å². The maximum absolute atomic E-state index is 9.96. The van der Waals surface area contributed by atoms with Gasteiger partial charge in [0.25, 0.3) is 0 Å². The predicted octanol–water partition coefficient (Wildman–Crippen LogP) is 0.472. The summed E-state index contributed by atoms with van der Waals surface area (Å²) in [5.41, 5.74) is 5.70. The molecule has 0 aliphatic heterocycles. The first-order valence-electron chi connectivity index (χ1n) is 4.13. The van der Waals surface area contributed by atoms with E-state index >= 15 is 0 Å². The van der Waals surface area contributed by atoms with Gasteiger partial charge in [0.15, 0.2) is 0 Å². The van der Waals surface area contributed by atoms with Crippen molar-refractivity contribution in [1.29, 1.82) is 0 Å². The number of rotatable bonds is 3. The lowest BCUT2D eigenvalue weighted by atomic mass is 9.94. The molecule has 3 heteroatoms. The van der Waals surface area contributed by atoms with Gasteiger partial charge >= 0.3 is 0 Å². The Morgan fingerprint density at radius 2 is 2.00 bits per heavy atom. The second-order valence-corrected chi connectivity index (χ2v) is 3.04. The Hall–Kier alpha value is -0.410. The first-order chi connectivity index (χ1) is 5.33. The lowest BCUT2D eigenvalue weighted by molar-refractivity contribution is -0.114. The van der Waals surface area contributed by atoms with Crippen LogP contribution in [0.25, 0.3) is 0 Å². The molecule has 1 aliphatic rings. The van der Waals surface area contributed by atoms with Gasteiger partial charge in [0.1, 0.15) is 12.9 Å². The standard InChI is InChI=1S/C8H15NO2/c9-7-1-3-8(4-2-7)11-6-5-10/h5,7-8H,1-4,6,9H2. The second-order valence-electron chi connectivity index (χ2n) is 3.04. The molecule has 0 heterocycles. The van der Waals surface area contributed by atoms with Crippen molar-refractivity contribution in [3.8, 4) is 0 Å². The smallest absolute Gasteiger partial charge is 0.145 e. The third-order valence-corrected chi connectivity index (χ3v) is 2.12. The highest BCUT2D eigenvalue weighted by atomic mass is 16.5. The summed E-state index contributed by atoms with van der Waals surface area (Å²) in [5.74, 6) is 0. The largest absolute Gasteiger partial charge is 0.371 e. The molecule has 64 valence electrons. The molecule has 2 N–H and O–H groups in total. The minimum absolute atomic E-state index is 0.236. The fraction of sp³-hybridized carbons (Fsp3) is 0.875. The molecule has 1 saturated carbocycles. The average molecular weight is 157 g/mol. The van der Waals surface area contributed by atoms with Crippen LogP contribution in [0.5, 0.6) is 0 Å². The topological polar surface area (TPSA) is 52.3 Å². The average Bonchev–Trinajstić information content (AvgIpc) is 2.04. The molecule has 3 nitrogen and oxygen atoms in total. The summed E-state index contributed by atoms with van der Waals surface area (Å²) in [4.78, 5) is 9.96. The van der Waals surface area contributed by atoms with E-state index in [1.54, 1.807) is 0 Å². The summed E-state index contributed by atoms with van der Waals surface area (Å²) in [7, 11) is 0. The van der Waals surface area contributed by atoms with E-state index < -0.39 is 0 Å². The number of hydrogen-bond acceptors (Lipinski definition) is 3. The van der Waals surface area contributed by atoms with E-state index in [0.717, 1.165) is 32.0 Å². The van der Waals surface area contributed by atoms with Crippen molar-refractivity contribution in [2.24, 2.45) is 5.73 Å². The Morgan fingerprint density at radius 3 is 2.55 bits per heavy atom. The van der Waals surface area contributed by atoms with E-state index in [1.807, 2.05) is 0 Å². The molecule has 0 radical (unpaired) electrons. The van der Waals surface area contributed by atoms with E-state index in [0.29, 0.717) is 6.04 Å². The molecule has 0 aromatic rings. The van der Waals surface area contributed by atoms with E-state index in [4.69, 9.17) is 10.5 Å². The van der Waals surface area contributed by atoms with Gasteiger partial charge in [0.05, 0.1) is 6.10 Å². The van der Waals surface area contributed by atoms with Gasteiger partial charge in [-0.3, -0.25) is 0 Å². The number of ether oxygens (including phenoxy) is 1. The van der Waals surface area contributed by atoms with E-state index in [-0.39, 0.29) is 12.7 Å². The van der Waals surface area contributed by atoms with Gasteiger partial charge in [-0.15, -0.1) is 0 Å². The number of carbonyl (C=O) groups excluding carboxylic acids is 1. The van der Waals surface area contributed by atoms with Crippen LogP contribution in [0.2, 0.25) is 0 Å². The molecule has 0 unspecified atom stereocenters. The summed E-state index contributed by atoms with van der Waals surface area (Å²) < 4.78 is 5.26. The van der Waals surface area contributed by atoms with Crippen LogP contribution in [-0.4, -0.2) is 25.0 Å². The molecule has 0 aromatic carbocycles. The maximum atomic E-state index is 9.96. The lowest BCUT2D eigenvalue weighted by Gasteiger charge is -2.25. The third kappa shape index (κ3) is 2.99. The van der Waals surface area contributed by atoms with Crippen LogP contribution in [0, 0.1) is 0 Å². The van der Waals surface area contributed by atoms with Crippen LogP contribution >= 0.6 is 0 Å². The number of nitrogens with two attached hydrogens (primary N) is 1. The van der Waals surface area contributed by atoms with Gasteiger partial charge in [-0.25, -0.2) is 0 Å². The minimum Gasteiger partial charge on any atom is -0.371 e. The van der Waals surface area contributed by atoms with Crippen LogP contribution < -0.4 is 5.73 Å². The van der Waals surface area contributed by atoms with Crippen molar-refractivity contribution in [1.82, 2.24) is 0 Å². The first-order valence-corrected chi connectivity index (χ1v) is 4.13. The predicted molar refractivity (Wildman–Crippen MR) is 42.2 cm³/mol. The van der Waals surface area contributed by atoms with Crippen molar-refractivity contribution >= 4 is 6.29 Å². The molecule has 1 aliphatic carbocycles. The quantitative estimate of drug-likeness (QED) is 0.606. The van der Waals surface area contributed by atoms with E-state index in [9.17, 15) is 4.79 Å². The van der Waals surface area contributed by atoms with Crippen LogP contribution in [-0.2, 0) is 9.53 Å². The van der Waals surface area contributed by atoms with Gasteiger partial charge in [-0.05, 0) is 25.7 Å². The summed E-state index contributed by atoms with van der Waals surface area (Å²) in [6.45, 7) is 0.236. The minimum atomic E-state index is 0.236. The van der Waals surface area contributed by atoms with Crippen molar-refractivity contribution in [3.05, 3.63) is 0 Å². The molecule has 0 amide bonds. The van der Waals surface area contributed by atoms with Gasteiger partial charge in [-0.1, -0.05) is 0 Å². The van der Waals surface area contributed by atoms with Crippen molar-refractivity contribution in [2.75, 3.05) is 6.61 Å². The Bertz CT molecular complexity index is 119. The van der Waals surface area contributed by atoms with Crippen LogP contribution in [0.1, 0.15) is 25.7 Å². The van der Waals surface area contributed by atoms with Crippen molar-refractivity contribution in [2.45, 2.75) is 37.8 Å². The van der Waals surface area contributed by atoms with Crippen LogP contribution in [0.3, 0.4) is 0 Å². The highest BCUT2D eigenvalue weighted by Crippen LogP contribution is 2.19. The summed E-state index contributed by atoms with van der Waals surface area (Å²) >= 11 is 0. The zero-order chi connectivity index (χ0) is 8.10. The monoisotopic (exact) mass is 157 g/mol. The second kappa shape index (κ2) is 4.46. The molecular weight excluding hydrogens is 142 g/mol. The van der Waals surface area contributed by atoms with Gasteiger partial charge in [0, 0.05) is 6.04 Å². The van der Waals surface area contributed by atoms with Crippen LogP contribution in [0.4, 0.5) is 0 Å². The molecule has 0 bridgehead atoms. The van der Waals surface area contributed by atoms with E-state index in [1.165, 1.54) is 0 Å². The molecule has 0 saturated heterocycles. The Balaban J connectivity index is 2.12.